The molecule has 1 N–H and O–H groups in total. The Balaban J connectivity index is 1.93. The molecule has 0 aromatic heterocycles. The van der Waals surface area contributed by atoms with Crippen LogP contribution in [0.1, 0.15) is 17.3 Å². The molecular weight excluding hydrogens is 262 g/mol. The van der Waals surface area contributed by atoms with Gasteiger partial charge in [-0.3, -0.25) is 14.8 Å². The number of ketones is 1. The highest BCUT2D eigenvalue weighted by Crippen LogP contribution is 2.25. The number of hydrogen-bond donors (Lipinski definition) is 1. The fraction of sp³-hybridized carbons (Fsp3) is 0.118. The molecule has 106 valence electrons. The van der Waals surface area contributed by atoms with Crippen LogP contribution in [-0.2, 0) is 0 Å². The smallest absolute Gasteiger partial charge is 0.159 e. The molecule has 0 bridgehead atoms. The number of nitrogens with one attached hydrogen (secondary N) is 1. The fourth-order valence-corrected chi connectivity index (χ4v) is 1.84. The van der Waals surface area contributed by atoms with Crippen molar-refractivity contribution < 1.29 is 4.79 Å². The number of anilines is 1. The van der Waals surface area contributed by atoms with Gasteiger partial charge in [-0.25, -0.2) is 0 Å². The van der Waals surface area contributed by atoms with E-state index in [1.807, 2.05) is 36.4 Å². The molecule has 2 rings (SSSR count). The Hall–Kier alpha value is -2.75. The molecule has 0 radical (unpaired) electrons. The van der Waals surface area contributed by atoms with E-state index in [2.05, 4.69) is 22.0 Å². The molecule has 0 saturated carbocycles. The highest BCUT2D eigenvalue weighted by atomic mass is 16.1. The first-order chi connectivity index (χ1) is 10.2. The zero-order chi connectivity index (χ0) is 15.1. The number of benzene rings is 2. The third-order valence-electron chi connectivity index (χ3n) is 2.97. The van der Waals surface area contributed by atoms with E-state index in [-0.39, 0.29) is 5.78 Å². The van der Waals surface area contributed by atoms with Gasteiger partial charge in [0.15, 0.2) is 5.78 Å². The lowest BCUT2D eigenvalue weighted by atomic mass is 10.1. The molecule has 4 heteroatoms. The van der Waals surface area contributed by atoms with Crippen molar-refractivity contribution in [2.45, 2.75) is 6.92 Å². The highest BCUT2D eigenvalue weighted by molar-refractivity contribution is 5.94. The maximum Gasteiger partial charge on any atom is 0.159 e. The van der Waals surface area contributed by atoms with E-state index in [4.69, 9.17) is 0 Å². The fourth-order valence-electron chi connectivity index (χ4n) is 1.84. The molecule has 0 atom stereocenters. The van der Waals surface area contributed by atoms with Crippen LogP contribution in [-0.4, -0.2) is 25.3 Å². The topological polar surface area (TPSA) is 53.8 Å². The average Bonchev–Trinajstić information content (AvgIpc) is 2.52. The predicted octanol–water partition coefficient (Wildman–Crippen LogP) is 4.04. The second-order valence-electron chi connectivity index (χ2n) is 4.47. The lowest BCUT2D eigenvalue weighted by Crippen LogP contribution is -2.02. The van der Waals surface area contributed by atoms with Crippen LogP contribution in [0.3, 0.4) is 0 Å². The lowest BCUT2D eigenvalue weighted by molar-refractivity contribution is 0.101. The summed E-state index contributed by atoms with van der Waals surface area (Å²) in [6, 6.07) is 14.9. The SMILES string of the molecule is C=Nc1ccccc1N=CCNc1ccc(C(C)=O)cc1. The number of hydrogen-bond acceptors (Lipinski definition) is 4. The molecule has 2 aromatic rings. The van der Waals surface area contributed by atoms with Gasteiger partial charge < -0.3 is 5.32 Å². The van der Waals surface area contributed by atoms with Gasteiger partial charge in [-0.05, 0) is 50.0 Å². The summed E-state index contributed by atoms with van der Waals surface area (Å²) in [6.07, 6.45) is 1.78. The van der Waals surface area contributed by atoms with Gasteiger partial charge >= 0.3 is 0 Å². The Morgan fingerprint density at radius 1 is 1.14 bits per heavy atom. The Bertz CT molecular complexity index is 660. The van der Waals surface area contributed by atoms with E-state index in [9.17, 15) is 4.79 Å². The summed E-state index contributed by atoms with van der Waals surface area (Å²) < 4.78 is 0. The van der Waals surface area contributed by atoms with E-state index in [1.165, 1.54) is 0 Å². The molecule has 0 spiro atoms. The monoisotopic (exact) mass is 279 g/mol. The van der Waals surface area contributed by atoms with Gasteiger partial charge in [0.25, 0.3) is 0 Å². The molecule has 0 aliphatic heterocycles. The highest BCUT2D eigenvalue weighted by Gasteiger charge is 1.98. The van der Waals surface area contributed by atoms with Crippen molar-refractivity contribution in [3.8, 4) is 0 Å². The van der Waals surface area contributed by atoms with Crippen molar-refractivity contribution in [3.63, 3.8) is 0 Å². The summed E-state index contributed by atoms with van der Waals surface area (Å²) in [6.45, 7) is 5.67. The molecule has 0 aliphatic rings. The molecule has 0 saturated heterocycles. The van der Waals surface area contributed by atoms with Gasteiger partial charge in [-0.1, -0.05) is 12.1 Å². The Labute approximate surface area is 124 Å². The first-order valence-electron chi connectivity index (χ1n) is 6.64. The number of para-hydroxylation sites is 2. The maximum absolute atomic E-state index is 11.2. The van der Waals surface area contributed by atoms with Crippen LogP contribution < -0.4 is 5.32 Å². The average molecular weight is 279 g/mol. The summed E-state index contributed by atoms with van der Waals surface area (Å²) in [5.74, 6) is 0.0663. The number of carbonyl (C=O) groups is 1. The number of aliphatic imine (C=N–C) groups is 2. The maximum atomic E-state index is 11.2. The van der Waals surface area contributed by atoms with Crippen LogP contribution in [0.4, 0.5) is 17.1 Å². The summed E-state index contributed by atoms with van der Waals surface area (Å²) >= 11 is 0. The zero-order valence-electron chi connectivity index (χ0n) is 11.9. The van der Waals surface area contributed by atoms with E-state index in [0.717, 1.165) is 17.1 Å². The minimum atomic E-state index is 0.0663. The molecule has 0 heterocycles. The van der Waals surface area contributed by atoms with Gasteiger partial charge in [-0.15, -0.1) is 0 Å². The number of carbonyl (C=O) groups excluding carboxylic acids is 1. The Morgan fingerprint density at radius 3 is 2.43 bits per heavy atom. The standard InChI is InChI=1S/C17H17N3O/c1-13(21)14-7-9-15(10-8-14)19-11-12-20-17-6-4-3-5-16(17)18-2/h3-10,12,19H,2,11H2,1H3. The van der Waals surface area contributed by atoms with Crippen molar-refractivity contribution in [3.05, 3.63) is 54.1 Å². The van der Waals surface area contributed by atoms with Gasteiger partial charge in [0.2, 0.25) is 0 Å². The van der Waals surface area contributed by atoms with Crippen LogP contribution in [0.5, 0.6) is 0 Å². The second kappa shape index (κ2) is 7.14. The van der Waals surface area contributed by atoms with Gasteiger partial charge in [0, 0.05) is 17.5 Å². The van der Waals surface area contributed by atoms with E-state index < -0.39 is 0 Å². The third kappa shape index (κ3) is 4.11. The molecule has 21 heavy (non-hydrogen) atoms. The Kier molecular flexibility index (Phi) is 4.99. The van der Waals surface area contributed by atoms with Crippen LogP contribution in [0.25, 0.3) is 0 Å². The van der Waals surface area contributed by atoms with Crippen LogP contribution in [0.2, 0.25) is 0 Å². The van der Waals surface area contributed by atoms with Crippen molar-refractivity contribution in [2.75, 3.05) is 11.9 Å². The van der Waals surface area contributed by atoms with E-state index >= 15 is 0 Å². The molecular formula is C17H17N3O. The minimum Gasteiger partial charge on any atom is -0.380 e. The van der Waals surface area contributed by atoms with Gasteiger partial charge in [0.05, 0.1) is 17.9 Å². The first-order valence-corrected chi connectivity index (χ1v) is 6.64. The molecule has 0 fully saturated rings. The quantitative estimate of drug-likeness (QED) is 0.641. The molecule has 0 aliphatic carbocycles. The molecule has 0 unspecified atom stereocenters. The van der Waals surface area contributed by atoms with Crippen molar-refractivity contribution >= 4 is 35.8 Å². The van der Waals surface area contributed by atoms with Crippen LogP contribution in [0, 0.1) is 0 Å². The van der Waals surface area contributed by atoms with E-state index in [0.29, 0.717) is 12.1 Å². The predicted molar refractivity (Wildman–Crippen MR) is 88.7 cm³/mol. The van der Waals surface area contributed by atoms with Gasteiger partial charge in [-0.2, -0.15) is 0 Å². The summed E-state index contributed by atoms with van der Waals surface area (Å²) in [4.78, 5) is 19.5. The largest absolute Gasteiger partial charge is 0.380 e. The van der Waals surface area contributed by atoms with Crippen molar-refractivity contribution in [2.24, 2.45) is 9.98 Å². The van der Waals surface area contributed by atoms with Crippen LogP contribution in [0.15, 0.2) is 58.5 Å². The Morgan fingerprint density at radius 2 is 1.81 bits per heavy atom. The van der Waals surface area contributed by atoms with Crippen molar-refractivity contribution in [1.29, 1.82) is 0 Å². The second-order valence-corrected chi connectivity index (χ2v) is 4.47. The summed E-state index contributed by atoms with van der Waals surface area (Å²) in [5.41, 5.74) is 3.21. The van der Waals surface area contributed by atoms with Crippen molar-refractivity contribution in [1.82, 2.24) is 0 Å². The first kappa shape index (κ1) is 14.7. The van der Waals surface area contributed by atoms with E-state index in [1.54, 1.807) is 25.3 Å². The third-order valence-corrected chi connectivity index (χ3v) is 2.97. The molecule has 0 amide bonds. The minimum absolute atomic E-state index is 0.0663. The molecule has 2 aromatic carbocycles. The number of rotatable bonds is 6. The normalized spacial score (nSPS) is 10.5. The summed E-state index contributed by atoms with van der Waals surface area (Å²) in [5, 5.41) is 3.21. The number of Topliss-reactive ketones (excluding diaryl/α,β-unsaturated/α-hetero) is 1. The lowest BCUT2D eigenvalue weighted by Gasteiger charge is -2.04. The zero-order valence-corrected chi connectivity index (χ0v) is 11.9. The van der Waals surface area contributed by atoms with Gasteiger partial charge in [0.1, 0.15) is 0 Å². The molecule has 4 nitrogen and oxygen atoms in total. The number of nitrogens with zero attached hydrogens (tertiary/aromatic N) is 2. The van der Waals surface area contributed by atoms with Crippen LogP contribution >= 0.6 is 0 Å². The summed E-state index contributed by atoms with van der Waals surface area (Å²) in [7, 11) is 0.